The zero-order valence-electron chi connectivity index (χ0n) is 44.7. The van der Waals surface area contributed by atoms with E-state index in [2.05, 4.69) is 57.2 Å². The Balaban J connectivity index is 4.23. The van der Waals surface area contributed by atoms with Crippen LogP contribution in [0, 0.1) is 0 Å². The van der Waals surface area contributed by atoms with Crippen molar-refractivity contribution in [3.8, 4) is 0 Å². The first-order valence-corrected chi connectivity index (χ1v) is 29.5. The fraction of sp³-hybridized carbons (Fsp3) is 0.869. The van der Waals surface area contributed by atoms with Gasteiger partial charge in [0.05, 0.1) is 6.61 Å². The Kier molecular flexibility index (Phi) is 55.8. The summed E-state index contributed by atoms with van der Waals surface area (Å²) in [5, 5.41) is 0. The van der Waals surface area contributed by atoms with E-state index in [-0.39, 0.29) is 25.2 Å². The maximum absolute atomic E-state index is 12.9. The molecule has 0 aromatic rings. The summed E-state index contributed by atoms with van der Waals surface area (Å²) in [4.78, 5) is 25.5. The van der Waals surface area contributed by atoms with E-state index in [1.54, 1.807) is 0 Å². The van der Waals surface area contributed by atoms with Crippen molar-refractivity contribution < 1.29 is 23.8 Å². The Morgan fingerprint density at radius 3 is 1.09 bits per heavy atom. The third-order valence-electron chi connectivity index (χ3n) is 13.2. The van der Waals surface area contributed by atoms with Crippen molar-refractivity contribution in [1.82, 2.24) is 0 Å². The largest absolute Gasteiger partial charge is 0.462 e. The summed E-state index contributed by atoms with van der Waals surface area (Å²) in [6, 6.07) is 0. The van der Waals surface area contributed by atoms with E-state index in [1.807, 2.05) is 0 Å². The molecular formula is C61H114O5. The van der Waals surface area contributed by atoms with Crippen molar-refractivity contribution in [3.63, 3.8) is 0 Å². The van der Waals surface area contributed by atoms with Crippen LogP contribution in [-0.4, -0.2) is 37.9 Å². The van der Waals surface area contributed by atoms with E-state index in [4.69, 9.17) is 14.2 Å². The summed E-state index contributed by atoms with van der Waals surface area (Å²) in [5.41, 5.74) is 0. The van der Waals surface area contributed by atoms with Crippen molar-refractivity contribution in [2.75, 3.05) is 19.8 Å². The highest BCUT2D eigenvalue weighted by atomic mass is 16.6. The minimum Gasteiger partial charge on any atom is -0.462 e. The molecule has 0 aliphatic heterocycles. The number of unbranched alkanes of at least 4 members (excludes halogenated alkanes) is 38. The van der Waals surface area contributed by atoms with Crippen molar-refractivity contribution in [1.29, 1.82) is 0 Å². The Morgan fingerprint density at radius 2 is 0.682 bits per heavy atom. The van der Waals surface area contributed by atoms with Gasteiger partial charge in [-0.15, -0.1) is 0 Å². The third kappa shape index (κ3) is 54.7. The van der Waals surface area contributed by atoms with Crippen LogP contribution < -0.4 is 0 Å². The molecule has 0 aliphatic carbocycles. The molecule has 1 unspecified atom stereocenters. The molecule has 0 aromatic heterocycles. The Labute approximate surface area is 412 Å². The van der Waals surface area contributed by atoms with Gasteiger partial charge in [0.2, 0.25) is 0 Å². The van der Waals surface area contributed by atoms with Gasteiger partial charge in [0.15, 0.2) is 6.10 Å². The molecule has 388 valence electrons. The van der Waals surface area contributed by atoms with Crippen LogP contribution in [-0.2, 0) is 23.8 Å². The first kappa shape index (κ1) is 64.1. The SMILES string of the molecule is CC/C=C\C/C=C\C/C=C\CCCCCCCCOCC(COC(=O)CCCCCCCCCCCCCCCCCCC)OC(=O)CCCCCCCCCCCCCCCCCCC. The van der Waals surface area contributed by atoms with E-state index in [0.29, 0.717) is 19.4 Å². The number of allylic oxidation sites excluding steroid dienone is 6. The number of carbonyl (C=O) groups is 2. The van der Waals surface area contributed by atoms with Gasteiger partial charge in [-0.25, -0.2) is 0 Å². The second-order valence-corrected chi connectivity index (χ2v) is 19.9. The molecule has 0 saturated carbocycles. The topological polar surface area (TPSA) is 61.8 Å². The molecule has 0 rings (SSSR count). The van der Waals surface area contributed by atoms with Crippen LogP contribution in [0.1, 0.15) is 316 Å². The minimum absolute atomic E-state index is 0.0869. The molecule has 0 spiro atoms. The molecule has 0 N–H and O–H groups in total. The van der Waals surface area contributed by atoms with E-state index in [0.717, 1.165) is 64.2 Å². The molecule has 0 saturated heterocycles. The van der Waals surface area contributed by atoms with E-state index < -0.39 is 6.10 Å². The zero-order chi connectivity index (χ0) is 47.7. The maximum Gasteiger partial charge on any atom is 0.306 e. The van der Waals surface area contributed by atoms with Crippen LogP contribution in [0.5, 0.6) is 0 Å². The Morgan fingerprint density at radius 1 is 0.348 bits per heavy atom. The smallest absolute Gasteiger partial charge is 0.306 e. The molecule has 5 nitrogen and oxygen atoms in total. The number of rotatable bonds is 55. The lowest BCUT2D eigenvalue weighted by atomic mass is 10.0. The summed E-state index contributed by atoms with van der Waals surface area (Å²) < 4.78 is 17.5. The molecule has 0 fully saturated rings. The Bertz CT molecular complexity index is 1050. The lowest BCUT2D eigenvalue weighted by molar-refractivity contribution is -0.163. The number of ether oxygens (including phenoxy) is 3. The van der Waals surface area contributed by atoms with Crippen molar-refractivity contribution in [3.05, 3.63) is 36.5 Å². The lowest BCUT2D eigenvalue weighted by Crippen LogP contribution is -2.30. The predicted molar refractivity (Wildman–Crippen MR) is 288 cm³/mol. The highest BCUT2D eigenvalue weighted by Crippen LogP contribution is 2.17. The van der Waals surface area contributed by atoms with Crippen LogP contribution in [0.25, 0.3) is 0 Å². The standard InChI is InChI=1S/C61H114O5/c1-4-7-10-13-16-19-22-25-28-31-33-36-39-42-45-48-51-54-60(62)65-58-59(57-64-56-53-50-47-44-41-38-35-30-27-24-21-18-15-12-9-6-3)66-61(63)55-52-49-46-43-40-37-34-32-29-26-23-20-17-14-11-8-5-2/h9,12,18,21,27,30,59H,4-8,10-11,13-17,19-20,22-26,28-29,31-58H2,1-3H3/b12-9-,21-18-,30-27-. The molecular weight excluding hydrogens is 813 g/mol. The van der Waals surface area contributed by atoms with Crippen LogP contribution in [0.4, 0.5) is 0 Å². The van der Waals surface area contributed by atoms with Crippen molar-refractivity contribution in [2.45, 2.75) is 322 Å². The third-order valence-corrected chi connectivity index (χ3v) is 13.2. The van der Waals surface area contributed by atoms with E-state index in [9.17, 15) is 9.59 Å². The van der Waals surface area contributed by atoms with E-state index in [1.165, 1.54) is 218 Å². The quantitative estimate of drug-likeness (QED) is 0.0345. The van der Waals surface area contributed by atoms with Gasteiger partial charge in [-0.1, -0.05) is 288 Å². The van der Waals surface area contributed by atoms with Gasteiger partial charge >= 0.3 is 11.9 Å². The molecule has 0 aliphatic rings. The summed E-state index contributed by atoms with van der Waals surface area (Å²) in [6.45, 7) is 7.76. The van der Waals surface area contributed by atoms with E-state index >= 15 is 0 Å². The van der Waals surface area contributed by atoms with Gasteiger partial charge < -0.3 is 14.2 Å². The van der Waals surface area contributed by atoms with Gasteiger partial charge in [-0.3, -0.25) is 9.59 Å². The van der Waals surface area contributed by atoms with Gasteiger partial charge in [0.1, 0.15) is 6.61 Å². The first-order chi connectivity index (χ1) is 32.6. The monoisotopic (exact) mass is 927 g/mol. The van der Waals surface area contributed by atoms with Crippen LogP contribution in [0.2, 0.25) is 0 Å². The average molecular weight is 928 g/mol. The normalized spacial score (nSPS) is 12.3. The summed E-state index contributed by atoms with van der Waals surface area (Å²) in [5.74, 6) is -0.382. The summed E-state index contributed by atoms with van der Waals surface area (Å²) in [6.07, 6.45) is 70.2. The fourth-order valence-electron chi connectivity index (χ4n) is 8.82. The predicted octanol–water partition coefficient (Wildman–Crippen LogP) is 20.1. The Hall–Kier alpha value is -1.88. The first-order valence-electron chi connectivity index (χ1n) is 29.5. The molecule has 0 radical (unpaired) electrons. The van der Waals surface area contributed by atoms with Gasteiger partial charge in [-0.05, 0) is 51.4 Å². The van der Waals surface area contributed by atoms with Gasteiger partial charge in [-0.2, -0.15) is 0 Å². The number of esters is 2. The molecule has 0 amide bonds. The van der Waals surface area contributed by atoms with Crippen molar-refractivity contribution in [2.24, 2.45) is 0 Å². The molecule has 5 heteroatoms. The number of carbonyl (C=O) groups excluding carboxylic acids is 2. The maximum atomic E-state index is 12.9. The highest BCUT2D eigenvalue weighted by Gasteiger charge is 2.17. The molecule has 1 atom stereocenters. The summed E-state index contributed by atoms with van der Waals surface area (Å²) >= 11 is 0. The average Bonchev–Trinajstić information content (AvgIpc) is 3.32. The fourth-order valence-corrected chi connectivity index (χ4v) is 8.82. The van der Waals surface area contributed by atoms with Crippen molar-refractivity contribution >= 4 is 11.9 Å². The second kappa shape index (κ2) is 57.4. The van der Waals surface area contributed by atoms with Crippen LogP contribution in [0.3, 0.4) is 0 Å². The number of hydrogen-bond donors (Lipinski definition) is 0. The minimum atomic E-state index is -0.538. The molecule has 0 aromatic carbocycles. The van der Waals surface area contributed by atoms with Gasteiger partial charge in [0.25, 0.3) is 0 Å². The second-order valence-electron chi connectivity index (χ2n) is 19.9. The summed E-state index contributed by atoms with van der Waals surface area (Å²) in [7, 11) is 0. The molecule has 0 heterocycles. The van der Waals surface area contributed by atoms with Gasteiger partial charge in [0, 0.05) is 19.4 Å². The number of hydrogen-bond acceptors (Lipinski definition) is 5. The lowest BCUT2D eigenvalue weighted by Gasteiger charge is -2.18. The molecule has 0 bridgehead atoms. The van der Waals surface area contributed by atoms with Crippen LogP contribution in [0.15, 0.2) is 36.5 Å². The zero-order valence-corrected chi connectivity index (χ0v) is 44.7. The highest BCUT2D eigenvalue weighted by molar-refractivity contribution is 5.70. The molecule has 66 heavy (non-hydrogen) atoms. The van der Waals surface area contributed by atoms with Crippen LogP contribution >= 0.6 is 0 Å².